The zero-order chi connectivity index (χ0) is 12.3. The SMILES string of the molecule is O=C(Nc1cc(O)cc(F)c1)C1CCOCC1. The van der Waals surface area contributed by atoms with Crippen molar-refractivity contribution in [2.24, 2.45) is 5.92 Å². The average Bonchev–Trinajstić information content (AvgIpc) is 2.28. The van der Waals surface area contributed by atoms with Crippen molar-refractivity contribution >= 4 is 11.6 Å². The standard InChI is InChI=1S/C12H14FNO3/c13-9-5-10(7-11(15)6-9)14-12(16)8-1-3-17-4-2-8/h5-8,15H,1-4H2,(H,14,16). The third kappa shape index (κ3) is 3.17. The van der Waals surface area contributed by atoms with Gasteiger partial charge in [-0.25, -0.2) is 4.39 Å². The lowest BCUT2D eigenvalue weighted by molar-refractivity contribution is -0.122. The highest BCUT2D eigenvalue weighted by Crippen LogP contribution is 2.21. The molecule has 2 N–H and O–H groups in total. The molecule has 0 unspecified atom stereocenters. The van der Waals surface area contributed by atoms with Crippen molar-refractivity contribution in [3.63, 3.8) is 0 Å². The van der Waals surface area contributed by atoms with E-state index in [1.165, 1.54) is 12.1 Å². The van der Waals surface area contributed by atoms with E-state index < -0.39 is 5.82 Å². The van der Waals surface area contributed by atoms with Crippen LogP contribution in [-0.4, -0.2) is 24.2 Å². The molecule has 0 aliphatic carbocycles. The Hall–Kier alpha value is -1.62. The van der Waals surface area contributed by atoms with Crippen molar-refractivity contribution < 1.29 is 19.0 Å². The second kappa shape index (κ2) is 5.14. The number of amides is 1. The molecule has 0 radical (unpaired) electrons. The molecule has 1 heterocycles. The summed E-state index contributed by atoms with van der Waals surface area (Å²) in [6.45, 7) is 1.15. The van der Waals surface area contributed by atoms with E-state index in [0.29, 0.717) is 26.1 Å². The molecule has 0 spiro atoms. The molecule has 0 atom stereocenters. The van der Waals surface area contributed by atoms with Crippen molar-refractivity contribution in [3.05, 3.63) is 24.0 Å². The zero-order valence-corrected chi connectivity index (χ0v) is 9.28. The van der Waals surface area contributed by atoms with E-state index in [9.17, 15) is 14.3 Å². The van der Waals surface area contributed by atoms with Crippen LogP contribution in [0.25, 0.3) is 0 Å². The van der Waals surface area contributed by atoms with Crippen molar-refractivity contribution in [3.8, 4) is 5.75 Å². The minimum Gasteiger partial charge on any atom is -0.508 e. The molecule has 0 saturated carbocycles. The van der Waals surface area contributed by atoms with Crippen LogP contribution >= 0.6 is 0 Å². The maximum absolute atomic E-state index is 13.0. The van der Waals surface area contributed by atoms with Crippen molar-refractivity contribution in [2.45, 2.75) is 12.8 Å². The van der Waals surface area contributed by atoms with Gasteiger partial charge in [-0.1, -0.05) is 0 Å². The number of nitrogens with one attached hydrogen (secondary N) is 1. The van der Waals surface area contributed by atoms with E-state index in [2.05, 4.69) is 5.32 Å². The normalized spacial score (nSPS) is 16.8. The number of carbonyl (C=O) groups excluding carboxylic acids is 1. The van der Waals surface area contributed by atoms with Crippen molar-refractivity contribution in [1.29, 1.82) is 0 Å². The van der Waals surface area contributed by atoms with Gasteiger partial charge in [0.25, 0.3) is 0 Å². The summed E-state index contributed by atoms with van der Waals surface area (Å²) in [5.74, 6) is -1.04. The van der Waals surface area contributed by atoms with E-state index in [-0.39, 0.29) is 23.3 Å². The van der Waals surface area contributed by atoms with Crippen LogP contribution in [0.3, 0.4) is 0 Å². The van der Waals surface area contributed by atoms with Crippen molar-refractivity contribution in [1.82, 2.24) is 0 Å². The second-order valence-electron chi connectivity index (χ2n) is 4.07. The number of rotatable bonds is 2. The molecule has 92 valence electrons. The first-order valence-electron chi connectivity index (χ1n) is 5.53. The van der Waals surface area contributed by atoms with Crippen LogP contribution in [0.1, 0.15) is 12.8 Å². The molecule has 17 heavy (non-hydrogen) atoms. The summed E-state index contributed by atoms with van der Waals surface area (Å²) < 4.78 is 18.1. The highest BCUT2D eigenvalue weighted by atomic mass is 19.1. The Labute approximate surface area is 98.4 Å². The molecule has 0 aromatic heterocycles. The Morgan fingerprint density at radius 1 is 1.35 bits per heavy atom. The first kappa shape index (κ1) is 11.9. The molecule has 2 rings (SSSR count). The fraction of sp³-hybridized carbons (Fsp3) is 0.417. The monoisotopic (exact) mass is 239 g/mol. The lowest BCUT2D eigenvalue weighted by Gasteiger charge is -2.21. The molecule has 1 aliphatic rings. The first-order chi connectivity index (χ1) is 8.15. The van der Waals surface area contributed by atoms with Gasteiger partial charge in [-0.3, -0.25) is 4.79 Å². The maximum atomic E-state index is 13.0. The third-order valence-electron chi connectivity index (χ3n) is 2.74. The predicted molar refractivity (Wildman–Crippen MR) is 60.2 cm³/mol. The number of anilines is 1. The number of benzene rings is 1. The summed E-state index contributed by atoms with van der Waals surface area (Å²) in [4.78, 5) is 11.8. The topological polar surface area (TPSA) is 58.6 Å². The van der Waals surface area contributed by atoms with E-state index in [1.807, 2.05) is 0 Å². The fourth-order valence-electron chi connectivity index (χ4n) is 1.85. The Morgan fingerprint density at radius 3 is 2.71 bits per heavy atom. The number of ether oxygens (including phenoxy) is 1. The van der Waals surface area contributed by atoms with E-state index >= 15 is 0 Å². The van der Waals surface area contributed by atoms with Gasteiger partial charge in [0.1, 0.15) is 11.6 Å². The van der Waals surface area contributed by atoms with Crippen LogP contribution in [0, 0.1) is 11.7 Å². The Bertz CT molecular complexity index is 396. The van der Waals surface area contributed by atoms with Gasteiger partial charge in [-0.2, -0.15) is 0 Å². The molecule has 1 aromatic carbocycles. The summed E-state index contributed by atoms with van der Waals surface area (Å²) in [5, 5.41) is 11.8. The van der Waals surface area contributed by atoms with E-state index in [4.69, 9.17) is 4.74 Å². The number of hydrogen-bond donors (Lipinski definition) is 2. The molecular formula is C12H14FNO3. The van der Waals surface area contributed by atoms with Gasteiger partial charge in [-0.15, -0.1) is 0 Å². The van der Waals surface area contributed by atoms with Gasteiger partial charge in [0.05, 0.1) is 0 Å². The number of aromatic hydroxyl groups is 1. The van der Waals surface area contributed by atoms with Gasteiger partial charge in [0.2, 0.25) is 5.91 Å². The molecule has 4 nitrogen and oxygen atoms in total. The van der Waals surface area contributed by atoms with E-state index in [0.717, 1.165) is 6.07 Å². The molecular weight excluding hydrogens is 225 g/mol. The van der Waals surface area contributed by atoms with Gasteiger partial charge in [0, 0.05) is 37.0 Å². The Balaban J connectivity index is 2.01. The van der Waals surface area contributed by atoms with Crippen LogP contribution < -0.4 is 5.32 Å². The lowest BCUT2D eigenvalue weighted by atomic mass is 9.99. The summed E-state index contributed by atoms with van der Waals surface area (Å²) in [5.41, 5.74) is 0.277. The summed E-state index contributed by atoms with van der Waals surface area (Å²) in [6.07, 6.45) is 1.35. The summed E-state index contributed by atoms with van der Waals surface area (Å²) in [7, 11) is 0. The van der Waals surface area contributed by atoms with Crippen molar-refractivity contribution in [2.75, 3.05) is 18.5 Å². The van der Waals surface area contributed by atoms with Crippen LogP contribution in [0.4, 0.5) is 10.1 Å². The third-order valence-corrected chi connectivity index (χ3v) is 2.74. The average molecular weight is 239 g/mol. The molecule has 1 aliphatic heterocycles. The molecule has 1 aromatic rings. The van der Waals surface area contributed by atoms with Gasteiger partial charge >= 0.3 is 0 Å². The molecule has 1 saturated heterocycles. The minimum atomic E-state index is -0.577. The predicted octanol–water partition coefficient (Wildman–Crippen LogP) is 1.90. The van der Waals surface area contributed by atoms with Crippen LogP contribution in [-0.2, 0) is 9.53 Å². The molecule has 5 heteroatoms. The smallest absolute Gasteiger partial charge is 0.227 e. The molecule has 0 bridgehead atoms. The molecule has 1 amide bonds. The first-order valence-corrected chi connectivity index (χ1v) is 5.53. The Kier molecular flexibility index (Phi) is 3.58. The van der Waals surface area contributed by atoms with Gasteiger partial charge < -0.3 is 15.2 Å². The lowest BCUT2D eigenvalue weighted by Crippen LogP contribution is -2.28. The van der Waals surface area contributed by atoms with E-state index in [1.54, 1.807) is 0 Å². The number of carbonyl (C=O) groups is 1. The number of halogens is 1. The highest BCUT2D eigenvalue weighted by molar-refractivity contribution is 5.92. The van der Waals surface area contributed by atoms with Gasteiger partial charge in [0.15, 0.2) is 0 Å². The minimum absolute atomic E-state index is 0.103. The number of phenolic OH excluding ortho intramolecular Hbond substituents is 1. The largest absolute Gasteiger partial charge is 0.508 e. The van der Waals surface area contributed by atoms with Gasteiger partial charge in [-0.05, 0) is 18.9 Å². The number of phenols is 1. The molecule has 1 fully saturated rings. The van der Waals surface area contributed by atoms with Crippen LogP contribution in [0.15, 0.2) is 18.2 Å². The zero-order valence-electron chi connectivity index (χ0n) is 9.28. The quantitative estimate of drug-likeness (QED) is 0.828. The second-order valence-corrected chi connectivity index (χ2v) is 4.07. The number of hydrogen-bond acceptors (Lipinski definition) is 3. The Morgan fingerprint density at radius 2 is 2.06 bits per heavy atom. The van der Waals surface area contributed by atoms with Crippen LogP contribution in [0.5, 0.6) is 5.75 Å². The summed E-state index contributed by atoms with van der Waals surface area (Å²) >= 11 is 0. The maximum Gasteiger partial charge on any atom is 0.227 e. The highest BCUT2D eigenvalue weighted by Gasteiger charge is 2.21. The summed E-state index contributed by atoms with van der Waals surface area (Å²) in [6, 6.07) is 3.49. The fourth-order valence-corrected chi connectivity index (χ4v) is 1.85. The van der Waals surface area contributed by atoms with Crippen LogP contribution in [0.2, 0.25) is 0 Å².